The van der Waals surface area contributed by atoms with Crippen LogP contribution in [0.1, 0.15) is 15.9 Å². The summed E-state index contributed by atoms with van der Waals surface area (Å²) in [6.45, 7) is 0.861. The number of benzene rings is 1. The maximum atomic E-state index is 12.0. The Morgan fingerprint density at radius 2 is 2.28 bits per heavy atom. The molecule has 0 spiro atoms. The van der Waals surface area contributed by atoms with Gasteiger partial charge in [0.05, 0.1) is 6.61 Å². The number of aliphatic hydroxyl groups is 1. The van der Waals surface area contributed by atoms with Crippen LogP contribution in [-0.4, -0.2) is 49.8 Å². The number of nitrogens with zero attached hydrogens (tertiary/aromatic N) is 1. The van der Waals surface area contributed by atoms with Crippen molar-refractivity contribution < 1.29 is 14.6 Å². The first kappa shape index (κ1) is 14.2. The quantitative estimate of drug-likeness (QED) is 0.799. The first-order valence-electron chi connectivity index (χ1n) is 5.63. The van der Waals surface area contributed by atoms with E-state index in [4.69, 9.17) is 9.84 Å². The van der Waals surface area contributed by atoms with Crippen molar-refractivity contribution in [1.82, 2.24) is 4.90 Å². The number of aliphatic hydroxyl groups excluding tert-OH is 1. The number of hydrogen-bond donors (Lipinski definition) is 1. The van der Waals surface area contributed by atoms with Gasteiger partial charge in [-0.15, -0.1) is 0 Å². The van der Waals surface area contributed by atoms with Crippen LogP contribution in [0.5, 0.6) is 0 Å². The molecule has 0 saturated heterocycles. The molecule has 4 nitrogen and oxygen atoms in total. The molecule has 1 aromatic carbocycles. The lowest BCUT2D eigenvalue weighted by molar-refractivity contribution is 0.0744. The second-order valence-corrected chi connectivity index (χ2v) is 3.76. The summed E-state index contributed by atoms with van der Waals surface area (Å²) in [5.41, 5.74) is 1.30. The van der Waals surface area contributed by atoms with Crippen molar-refractivity contribution in [3.05, 3.63) is 35.4 Å². The van der Waals surface area contributed by atoms with Crippen molar-refractivity contribution >= 4 is 5.91 Å². The zero-order chi connectivity index (χ0) is 13.4. The van der Waals surface area contributed by atoms with Crippen molar-refractivity contribution in [3.63, 3.8) is 0 Å². The van der Waals surface area contributed by atoms with E-state index in [9.17, 15) is 4.79 Å². The largest absolute Gasteiger partial charge is 0.384 e. The van der Waals surface area contributed by atoms with Gasteiger partial charge in [-0.25, -0.2) is 0 Å². The maximum absolute atomic E-state index is 12.0. The molecule has 0 aliphatic heterocycles. The second-order valence-electron chi connectivity index (χ2n) is 3.76. The number of rotatable bonds is 4. The molecule has 0 aromatic heterocycles. The smallest absolute Gasteiger partial charge is 0.253 e. The fourth-order valence-corrected chi connectivity index (χ4v) is 1.42. The third-order valence-corrected chi connectivity index (χ3v) is 2.40. The van der Waals surface area contributed by atoms with Crippen LogP contribution in [0.25, 0.3) is 0 Å². The lowest BCUT2D eigenvalue weighted by atomic mass is 10.1. The highest BCUT2D eigenvalue weighted by Crippen LogP contribution is 2.07. The normalized spacial score (nSPS) is 9.50. The summed E-state index contributed by atoms with van der Waals surface area (Å²) in [6.07, 6.45) is 0. The standard InChI is InChI=1S/C14H17NO3/c1-15(8-10-18-2)14(17)13-7-3-5-12(11-13)6-4-9-16/h3,5,7,11,16H,8-10H2,1-2H3. The summed E-state index contributed by atoms with van der Waals surface area (Å²) in [5.74, 6) is 5.26. The zero-order valence-electron chi connectivity index (χ0n) is 10.6. The minimum atomic E-state index is -0.189. The van der Waals surface area contributed by atoms with E-state index in [1.807, 2.05) is 0 Å². The fourth-order valence-electron chi connectivity index (χ4n) is 1.42. The Balaban J connectivity index is 2.79. The predicted octanol–water partition coefficient (Wildman–Crippen LogP) is 0.749. The van der Waals surface area contributed by atoms with Crippen LogP contribution < -0.4 is 0 Å². The van der Waals surface area contributed by atoms with Gasteiger partial charge in [-0.3, -0.25) is 4.79 Å². The fraction of sp³-hybridized carbons (Fsp3) is 0.357. The molecular formula is C14H17NO3. The van der Waals surface area contributed by atoms with Gasteiger partial charge >= 0.3 is 0 Å². The van der Waals surface area contributed by atoms with E-state index in [2.05, 4.69) is 11.8 Å². The van der Waals surface area contributed by atoms with Gasteiger partial charge < -0.3 is 14.7 Å². The van der Waals surface area contributed by atoms with Gasteiger partial charge in [-0.05, 0) is 18.2 Å². The molecule has 0 saturated carbocycles. The summed E-state index contributed by atoms with van der Waals surface area (Å²) >= 11 is 0. The van der Waals surface area contributed by atoms with E-state index in [-0.39, 0.29) is 12.5 Å². The molecular weight excluding hydrogens is 230 g/mol. The predicted molar refractivity (Wildman–Crippen MR) is 69.2 cm³/mol. The first-order chi connectivity index (χ1) is 8.69. The first-order valence-corrected chi connectivity index (χ1v) is 5.63. The lowest BCUT2D eigenvalue weighted by Crippen LogP contribution is -2.29. The molecule has 0 unspecified atom stereocenters. The number of likely N-dealkylation sites (N-methyl/N-ethyl adjacent to an activating group) is 1. The lowest BCUT2D eigenvalue weighted by Gasteiger charge is -2.16. The van der Waals surface area contributed by atoms with Gasteiger partial charge in [0.2, 0.25) is 0 Å². The SMILES string of the molecule is COCCN(C)C(=O)c1cccc(C#CCO)c1. The Labute approximate surface area is 107 Å². The Hall–Kier alpha value is -1.83. The van der Waals surface area contributed by atoms with Crippen molar-refractivity contribution in [2.24, 2.45) is 0 Å². The van der Waals surface area contributed by atoms with Gasteiger partial charge in [0, 0.05) is 31.8 Å². The van der Waals surface area contributed by atoms with Crippen LogP contribution in [0.15, 0.2) is 24.3 Å². The molecule has 0 aliphatic carbocycles. The van der Waals surface area contributed by atoms with E-state index >= 15 is 0 Å². The number of carbonyl (C=O) groups is 1. The molecule has 0 bridgehead atoms. The molecule has 1 amide bonds. The maximum Gasteiger partial charge on any atom is 0.253 e. The van der Waals surface area contributed by atoms with Crippen LogP contribution in [0.2, 0.25) is 0 Å². The number of carbonyl (C=O) groups excluding carboxylic acids is 1. The highest BCUT2D eigenvalue weighted by atomic mass is 16.5. The molecule has 18 heavy (non-hydrogen) atoms. The summed E-state index contributed by atoms with van der Waals surface area (Å²) in [4.78, 5) is 13.6. The number of hydrogen-bond acceptors (Lipinski definition) is 3. The Morgan fingerprint density at radius 3 is 2.94 bits per heavy atom. The molecule has 1 N–H and O–H groups in total. The molecule has 4 heteroatoms. The van der Waals surface area contributed by atoms with Gasteiger partial charge in [0.15, 0.2) is 0 Å². The Bertz CT molecular complexity index is 460. The highest BCUT2D eigenvalue weighted by molar-refractivity contribution is 5.94. The number of ether oxygens (including phenoxy) is 1. The van der Waals surface area contributed by atoms with E-state index in [1.165, 1.54) is 0 Å². The summed E-state index contributed by atoms with van der Waals surface area (Å²) in [7, 11) is 3.33. The zero-order valence-corrected chi connectivity index (χ0v) is 10.6. The molecule has 1 rings (SSSR count). The monoisotopic (exact) mass is 247 g/mol. The van der Waals surface area contributed by atoms with E-state index in [1.54, 1.807) is 43.3 Å². The molecule has 0 radical (unpaired) electrons. The highest BCUT2D eigenvalue weighted by Gasteiger charge is 2.11. The van der Waals surface area contributed by atoms with Crippen molar-refractivity contribution in [1.29, 1.82) is 0 Å². The Morgan fingerprint density at radius 1 is 1.50 bits per heavy atom. The summed E-state index contributed by atoms with van der Waals surface area (Å²) in [6, 6.07) is 7.04. The Kier molecular flexibility index (Phi) is 5.92. The average molecular weight is 247 g/mol. The van der Waals surface area contributed by atoms with Gasteiger partial charge in [-0.2, -0.15) is 0 Å². The third kappa shape index (κ3) is 4.21. The molecule has 96 valence electrons. The van der Waals surface area contributed by atoms with E-state index < -0.39 is 0 Å². The minimum Gasteiger partial charge on any atom is -0.384 e. The van der Waals surface area contributed by atoms with Crippen molar-refractivity contribution in [3.8, 4) is 11.8 Å². The molecule has 0 heterocycles. The minimum absolute atomic E-state index is 0.0697. The van der Waals surface area contributed by atoms with Crippen LogP contribution in [0.4, 0.5) is 0 Å². The van der Waals surface area contributed by atoms with Crippen LogP contribution >= 0.6 is 0 Å². The van der Waals surface area contributed by atoms with Gasteiger partial charge in [0.25, 0.3) is 5.91 Å². The van der Waals surface area contributed by atoms with Crippen LogP contribution in [0.3, 0.4) is 0 Å². The summed E-state index contributed by atoms with van der Waals surface area (Å²) < 4.78 is 4.93. The summed E-state index contributed by atoms with van der Waals surface area (Å²) in [5, 5.41) is 8.63. The third-order valence-electron chi connectivity index (χ3n) is 2.40. The molecule has 0 fully saturated rings. The van der Waals surface area contributed by atoms with Gasteiger partial charge in [-0.1, -0.05) is 17.9 Å². The van der Waals surface area contributed by atoms with Crippen LogP contribution in [0, 0.1) is 11.8 Å². The average Bonchev–Trinajstić information content (AvgIpc) is 2.42. The molecule has 0 atom stereocenters. The number of amides is 1. The van der Waals surface area contributed by atoms with E-state index in [0.29, 0.717) is 18.7 Å². The van der Waals surface area contributed by atoms with E-state index in [0.717, 1.165) is 5.56 Å². The van der Waals surface area contributed by atoms with Crippen LogP contribution in [-0.2, 0) is 4.74 Å². The number of methoxy groups -OCH3 is 1. The molecule has 1 aromatic rings. The molecule has 0 aliphatic rings. The van der Waals surface area contributed by atoms with Crippen molar-refractivity contribution in [2.45, 2.75) is 0 Å². The topological polar surface area (TPSA) is 49.8 Å². The van der Waals surface area contributed by atoms with Gasteiger partial charge in [0.1, 0.15) is 6.61 Å². The van der Waals surface area contributed by atoms with Crippen molar-refractivity contribution in [2.75, 3.05) is 33.9 Å². The second kappa shape index (κ2) is 7.49.